The van der Waals surface area contributed by atoms with E-state index in [1.54, 1.807) is 6.20 Å². The largest absolute Gasteiger partial charge is 0.308 e. The molecule has 0 radical (unpaired) electrons. The van der Waals surface area contributed by atoms with E-state index < -0.39 is 0 Å². The van der Waals surface area contributed by atoms with E-state index in [-0.39, 0.29) is 0 Å². The van der Waals surface area contributed by atoms with Crippen LogP contribution in [0.5, 0.6) is 0 Å². The van der Waals surface area contributed by atoms with Gasteiger partial charge in [-0.1, -0.05) is 42.3 Å². The second-order valence-electron chi connectivity index (χ2n) is 4.51. The fourth-order valence-corrected chi connectivity index (χ4v) is 2.20. The molecule has 102 valence electrons. The van der Waals surface area contributed by atoms with Crippen LogP contribution in [0, 0.1) is 0 Å². The van der Waals surface area contributed by atoms with Gasteiger partial charge in [0.15, 0.2) is 0 Å². The molecule has 19 heavy (non-hydrogen) atoms. The molecule has 0 bridgehead atoms. The van der Waals surface area contributed by atoms with Gasteiger partial charge in [-0.25, -0.2) is 0 Å². The molecule has 0 saturated carbocycles. The maximum Gasteiger partial charge on any atom is 0.0692 e. The summed E-state index contributed by atoms with van der Waals surface area (Å²) in [6.45, 7) is 3.90. The number of nitrogens with zero attached hydrogens (tertiary/aromatic N) is 3. The van der Waals surface area contributed by atoms with Crippen LogP contribution in [0.1, 0.15) is 31.4 Å². The van der Waals surface area contributed by atoms with E-state index in [0.717, 1.165) is 31.0 Å². The van der Waals surface area contributed by atoms with Crippen molar-refractivity contribution in [2.75, 3.05) is 6.54 Å². The fourth-order valence-electron chi connectivity index (χ4n) is 2.08. The van der Waals surface area contributed by atoms with Crippen molar-refractivity contribution in [1.82, 2.24) is 20.3 Å². The van der Waals surface area contributed by atoms with Crippen molar-refractivity contribution >= 4 is 11.6 Å². The maximum atomic E-state index is 5.93. The Balaban J connectivity index is 1.90. The second kappa shape index (κ2) is 7.26. The maximum absolute atomic E-state index is 5.93. The molecule has 2 rings (SSSR count). The quantitative estimate of drug-likeness (QED) is 0.846. The first kappa shape index (κ1) is 14.0. The molecular formula is C14H19ClN4. The van der Waals surface area contributed by atoms with Crippen LogP contribution in [-0.2, 0) is 6.54 Å². The minimum absolute atomic E-state index is 0.366. The Bertz CT molecular complexity index is 467. The van der Waals surface area contributed by atoms with Crippen molar-refractivity contribution in [1.29, 1.82) is 0 Å². The fraction of sp³-hybridized carbons (Fsp3) is 0.429. The smallest absolute Gasteiger partial charge is 0.0692 e. The number of aromatic nitrogens is 3. The molecule has 0 saturated heterocycles. The van der Waals surface area contributed by atoms with Crippen molar-refractivity contribution in [3.8, 4) is 0 Å². The van der Waals surface area contributed by atoms with Gasteiger partial charge in [-0.05, 0) is 24.1 Å². The Hall–Kier alpha value is -1.39. The molecule has 0 aliphatic rings. The third-order valence-corrected chi connectivity index (χ3v) is 3.31. The van der Waals surface area contributed by atoms with Crippen LogP contribution >= 0.6 is 11.6 Å². The molecule has 5 heteroatoms. The van der Waals surface area contributed by atoms with Crippen LogP contribution < -0.4 is 5.32 Å². The Labute approximate surface area is 118 Å². The number of rotatable bonds is 7. The number of halogens is 1. The number of hydrogen-bond acceptors (Lipinski definition) is 3. The molecule has 1 heterocycles. The summed E-state index contributed by atoms with van der Waals surface area (Å²) in [4.78, 5) is 0. The van der Waals surface area contributed by atoms with Gasteiger partial charge in [0.2, 0.25) is 0 Å². The Morgan fingerprint density at radius 1 is 1.32 bits per heavy atom. The van der Waals surface area contributed by atoms with Crippen molar-refractivity contribution in [2.24, 2.45) is 0 Å². The first-order valence-electron chi connectivity index (χ1n) is 6.62. The molecule has 0 aliphatic heterocycles. The molecule has 1 aromatic carbocycles. The minimum atomic E-state index is 0.366. The van der Waals surface area contributed by atoms with Gasteiger partial charge in [0.25, 0.3) is 0 Å². The van der Waals surface area contributed by atoms with Crippen molar-refractivity contribution in [2.45, 2.75) is 32.4 Å². The zero-order valence-corrected chi connectivity index (χ0v) is 11.8. The molecule has 1 aromatic heterocycles. The first-order chi connectivity index (χ1) is 9.29. The van der Waals surface area contributed by atoms with Crippen molar-refractivity contribution < 1.29 is 0 Å². The van der Waals surface area contributed by atoms with E-state index in [1.807, 2.05) is 23.0 Å². The van der Waals surface area contributed by atoms with Crippen LogP contribution in [0.25, 0.3) is 0 Å². The predicted molar refractivity (Wildman–Crippen MR) is 77.1 cm³/mol. The number of benzene rings is 1. The molecule has 0 amide bonds. The van der Waals surface area contributed by atoms with E-state index in [0.29, 0.717) is 6.04 Å². The average Bonchev–Trinajstić information content (AvgIpc) is 2.92. The van der Waals surface area contributed by atoms with Crippen LogP contribution in [0.3, 0.4) is 0 Å². The highest BCUT2D eigenvalue weighted by molar-refractivity contribution is 6.30. The molecule has 2 aromatic rings. The summed E-state index contributed by atoms with van der Waals surface area (Å²) in [5.74, 6) is 0. The van der Waals surface area contributed by atoms with Gasteiger partial charge in [-0.15, -0.1) is 5.10 Å². The Kier molecular flexibility index (Phi) is 5.36. The lowest BCUT2D eigenvalue weighted by atomic mass is 10.0. The van der Waals surface area contributed by atoms with Crippen LogP contribution in [-0.4, -0.2) is 21.5 Å². The van der Waals surface area contributed by atoms with E-state index in [2.05, 4.69) is 34.7 Å². The van der Waals surface area contributed by atoms with E-state index in [9.17, 15) is 0 Å². The zero-order valence-electron chi connectivity index (χ0n) is 11.1. The molecule has 0 fully saturated rings. The molecule has 1 atom stereocenters. The number of nitrogens with one attached hydrogen (secondary N) is 1. The van der Waals surface area contributed by atoms with Gasteiger partial charge in [-0.2, -0.15) is 0 Å². The summed E-state index contributed by atoms with van der Waals surface area (Å²) in [7, 11) is 0. The SMILES string of the molecule is CCCC(NCCn1ccnn1)c1ccc(Cl)cc1. The lowest BCUT2D eigenvalue weighted by molar-refractivity contribution is 0.457. The summed E-state index contributed by atoms with van der Waals surface area (Å²) < 4.78 is 1.83. The van der Waals surface area contributed by atoms with Crippen LogP contribution in [0.4, 0.5) is 0 Å². The zero-order chi connectivity index (χ0) is 13.5. The van der Waals surface area contributed by atoms with E-state index in [4.69, 9.17) is 11.6 Å². The molecule has 1 unspecified atom stereocenters. The third kappa shape index (κ3) is 4.33. The molecular weight excluding hydrogens is 260 g/mol. The van der Waals surface area contributed by atoms with Gasteiger partial charge >= 0.3 is 0 Å². The lowest BCUT2D eigenvalue weighted by Crippen LogP contribution is -2.25. The summed E-state index contributed by atoms with van der Waals surface area (Å²) in [6.07, 6.45) is 5.82. The highest BCUT2D eigenvalue weighted by Gasteiger charge is 2.09. The molecule has 1 N–H and O–H groups in total. The predicted octanol–water partition coefficient (Wildman–Crippen LogP) is 3.06. The summed E-state index contributed by atoms with van der Waals surface area (Å²) in [6, 6.07) is 8.43. The average molecular weight is 279 g/mol. The highest BCUT2D eigenvalue weighted by atomic mass is 35.5. The summed E-state index contributed by atoms with van der Waals surface area (Å²) in [5.41, 5.74) is 1.28. The Morgan fingerprint density at radius 2 is 2.11 bits per heavy atom. The van der Waals surface area contributed by atoms with Gasteiger partial charge in [0, 0.05) is 23.8 Å². The van der Waals surface area contributed by atoms with Crippen molar-refractivity contribution in [3.05, 3.63) is 47.2 Å². The minimum Gasteiger partial charge on any atom is -0.308 e. The molecule has 0 aliphatic carbocycles. The van der Waals surface area contributed by atoms with Gasteiger partial charge in [-0.3, -0.25) is 4.68 Å². The standard InChI is InChI=1S/C14H19ClN4/c1-2-3-14(12-4-6-13(15)7-5-12)16-8-10-19-11-9-17-18-19/h4-7,9,11,14,16H,2-3,8,10H2,1H3. The molecule has 0 spiro atoms. The van der Waals surface area contributed by atoms with Gasteiger partial charge in [0.1, 0.15) is 0 Å². The van der Waals surface area contributed by atoms with Gasteiger partial charge in [0.05, 0.1) is 12.7 Å². The summed E-state index contributed by atoms with van der Waals surface area (Å²) >= 11 is 5.93. The Morgan fingerprint density at radius 3 is 2.74 bits per heavy atom. The normalized spacial score (nSPS) is 12.5. The molecule has 4 nitrogen and oxygen atoms in total. The summed E-state index contributed by atoms with van der Waals surface area (Å²) in [5, 5.41) is 12.1. The second-order valence-corrected chi connectivity index (χ2v) is 4.95. The van der Waals surface area contributed by atoms with Crippen molar-refractivity contribution in [3.63, 3.8) is 0 Å². The topological polar surface area (TPSA) is 42.7 Å². The highest BCUT2D eigenvalue weighted by Crippen LogP contribution is 2.20. The number of hydrogen-bond donors (Lipinski definition) is 1. The van der Waals surface area contributed by atoms with E-state index >= 15 is 0 Å². The monoisotopic (exact) mass is 278 g/mol. The lowest BCUT2D eigenvalue weighted by Gasteiger charge is -2.18. The van der Waals surface area contributed by atoms with Crippen LogP contribution in [0.2, 0.25) is 5.02 Å². The first-order valence-corrected chi connectivity index (χ1v) is 7.00. The van der Waals surface area contributed by atoms with Gasteiger partial charge < -0.3 is 5.32 Å². The van der Waals surface area contributed by atoms with Crippen LogP contribution in [0.15, 0.2) is 36.7 Å². The third-order valence-electron chi connectivity index (χ3n) is 3.05. The van der Waals surface area contributed by atoms with E-state index in [1.165, 1.54) is 5.56 Å².